The highest BCUT2D eigenvalue weighted by molar-refractivity contribution is 9.10. The third kappa shape index (κ3) is 3.21. The van der Waals surface area contributed by atoms with Gasteiger partial charge < -0.3 is 10.4 Å². The van der Waals surface area contributed by atoms with Gasteiger partial charge in [-0.15, -0.1) is 11.3 Å². The number of hydrogen-bond donors (Lipinski definition) is 2. The molecule has 0 fully saturated rings. The molecule has 0 radical (unpaired) electrons. The molecule has 0 aliphatic carbocycles. The van der Waals surface area contributed by atoms with Crippen molar-refractivity contribution >= 4 is 44.8 Å². The van der Waals surface area contributed by atoms with Crippen molar-refractivity contribution < 1.29 is 14.7 Å². The fourth-order valence-corrected chi connectivity index (χ4v) is 2.93. The minimum absolute atomic E-state index is 0.125. The smallest absolute Gasteiger partial charge is 0.348 e. The Balaban J connectivity index is 2.25. The fourth-order valence-electron chi connectivity index (χ4n) is 1.64. The molecule has 19 heavy (non-hydrogen) atoms. The van der Waals surface area contributed by atoms with Crippen molar-refractivity contribution in [2.75, 3.05) is 5.32 Å². The number of carbonyl (C=O) groups excluding carboxylic acids is 1. The van der Waals surface area contributed by atoms with Crippen molar-refractivity contribution in [3.63, 3.8) is 0 Å². The molecule has 0 spiro atoms. The van der Waals surface area contributed by atoms with Crippen molar-refractivity contribution in [3.05, 3.63) is 50.1 Å². The molecule has 1 amide bonds. The van der Waals surface area contributed by atoms with E-state index < -0.39 is 5.97 Å². The van der Waals surface area contributed by atoms with Crippen LogP contribution in [-0.4, -0.2) is 17.0 Å². The lowest BCUT2D eigenvalue weighted by Crippen LogP contribution is -2.13. The summed E-state index contributed by atoms with van der Waals surface area (Å²) in [4.78, 5) is 23.2. The van der Waals surface area contributed by atoms with Gasteiger partial charge in [0, 0.05) is 10.0 Å². The molecule has 6 heteroatoms. The molecule has 0 unspecified atom stereocenters. The Morgan fingerprint density at radius 2 is 2.05 bits per heavy atom. The van der Waals surface area contributed by atoms with E-state index in [4.69, 9.17) is 5.11 Å². The number of amides is 1. The summed E-state index contributed by atoms with van der Waals surface area (Å²) in [5.74, 6) is -1.37. The van der Waals surface area contributed by atoms with Gasteiger partial charge >= 0.3 is 5.97 Å². The SMILES string of the molecule is Cc1cc(Br)cc(C(=O)Nc2ccsc2C(=O)O)c1. The van der Waals surface area contributed by atoms with Crippen LogP contribution in [0.5, 0.6) is 0 Å². The van der Waals surface area contributed by atoms with Gasteiger partial charge in [-0.25, -0.2) is 4.79 Å². The summed E-state index contributed by atoms with van der Waals surface area (Å²) in [6, 6.07) is 6.91. The molecule has 98 valence electrons. The van der Waals surface area contributed by atoms with E-state index in [9.17, 15) is 9.59 Å². The second-order valence-electron chi connectivity index (χ2n) is 3.94. The molecule has 2 N–H and O–H groups in total. The average molecular weight is 340 g/mol. The zero-order chi connectivity index (χ0) is 14.0. The Labute approximate surface area is 122 Å². The highest BCUT2D eigenvalue weighted by Gasteiger charge is 2.15. The number of rotatable bonds is 3. The van der Waals surface area contributed by atoms with Crippen molar-refractivity contribution in [3.8, 4) is 0 Å². The van der Waals surface area contributed by atoms with Crippen LogP contribution in [0.15, 0.2) is 34.1 Å². The van der Waals surface area contributed by atoms with Crippen molar-refractivity contribution in [1.82, 2.24) is 0 Å². The van der Waals surface area contributed by atoms with Crippen LogP contribution in [-0.2, 0) is 0 Å². The number of thiophene rings is 1. The van der Waals surface area contributed by atoms with Gasteiger partial charge in [-0.05, 0) is 42.1 Å². The topological polar surface area (TPSA) is 66.4 Å². The number of carbonyl (C=O) groups is 2. The van der Waals surface area contributed by atoms with E-state index in [-0.39, 0.29) is 10.8 Å². The van der Waals surface area contributed by atoms with E-state index in [0.29, 0.717) is 11.3 Å². The average Bonchev–Trinajstić information content (AvgIpc) is 2.75. The number of aromatic carboxylic acids is 1. The van der Waals surface area contributed by atoms with Crippen molar-refractivity contribution in [1.29, 1.82) is 0 Å². The summed E-state index contributed by atoms with van der Waals surface area (Å²) >= 11 is 4.40. The Kier molecular flexibility index (Phi) is 4.01. The van der Waals surface area contributed by atoms with Gasteiger partial charge in [0.2, 0.25) is 0 Å². The van der Waals surface area contributed by atoms with E-state index >= 15 is 0 Å². The second-order valence-corrected chi connectivity index (χ2v) is 5.77. The van der Waals surface area contributed by atoms with E-state index in [2.05, 4.69) is 21.2 Å². The second kappa shape index (κ2) is 5.54. The molecule has 1 aromatic carbocycles. The predicted octanol–water partition coefficient (Wildman–Crippen LogP) is 3.77. The lowest BCUT2D eigenvalue weighted by molar-refractivity contribution is 0.0703. The molecule has 0 bridgehead atoms. The zero-order valence-electron chi connectivity index (χ0n) is 9.94. The lowest BCUT2D eigenvalue weighted by Gasteiger charge is -2.06. The van der Waals surface area contributed by atoms with Crippen molar-refractivity contribution in [2.24, 2.45) is 0 Å². The number of carboxylic acids is 1. The zero-order valence-corrected chi connectivity index (χ0v) is 12.3. The number of benzene rings is 1. The van der Waals surface area contributed by atoms with E-state index in [1.807, 2.05) is 13.0 Å². The lowest BCUT2D eigenvalue weighted by atomic mass is 10.1. The summed E-state index contributed by atoms with van der Waals surface area (Å²) < 4.78 is 0.807. The quantitative estimate of drug-likeness (QED) is 0.894. The molecule has 1 aromatic heterocycles. The van der Waals surface area contributed by atoms with Crippen molar-refractivity contribution in [2.45, 2.75) is 6.92 Å². The first-order chi connectivity index (χ1) is 8.97. The van der Waals surface area contributed by atoms with Gasteiger partial charge in [0.05, 0.1) is 5.69 Å². The Morgan fingerprint density at radius 3 is 2.68 bits per heavy atom. The van der Waals surface area contributed by atoms with Gasteiger partial charge in [0.15, 0.2) is 0 Å². The molecule has 4 nitrogen and oxygen atoms in total. The molecule has 1 heterocycles. The molecule has 0 atom stereocenters. The summed E-state index contributed by atoms with van der Waals surface area (Å²) in [7, 11) is 0. The standard InChI is InChI=1S/C13H10BrNO3S/c1-7-4-8(6-9(14)5-7)12(16)15-10-2-3-19-11(10)13(17)18/h2-6H,1H3,(H,15,16)(H,17,18). The first-order valence-electron chi connectivity index (χ1n) is 5.36. The van der Waals surface area contributed by atoms with Gasteiger partial charge in [-0.3, -0.25) is 4.79 Å². The third-order valence-electron chi connectivity index (χ3n) is 2.41. The van der Waals surface area contributed by atoms with E-state index in [0.717, 1.165) is 21.4 Å². The van der Waals surface area contributed by atoms with Gasteiger partial charge in [-0.2, -0.15) is 0 Å². The Bertz CT molecular complexity index is 631. The largest absolute Gasteiger partial charge is 0.477 e. The molecular formula is C13H10BrNO3S. The van der Waals surface area contributed by atoms with E-state index in [1.54, 1.807) is 23.6 Å². The van der Waals surface area contributed by atoms with Crippen LogP contribution < -0.4 is 5.32 Å². The number of hydrogen-bond acceptors (Lipinski definition) is 3. The molecular weight excluding hydrogens is 330 g/mol. The monoisotopic (exact) mass is 339 g/mol. The maximum atomic E-state index is 12.1. The molecule has 0 saturated heterocycles. The fraction of sp³-hybridized carbons (Fsp3) is 0.0769. The predicted molar refractivity (Wildman–Crippen MR) is 78.1 cm³/mol. The summed E-state index contributed by atoms with van der Waals surface area (Å²) in [5.41, 5.74) is 1.75. The van der Waals surface area contributed by atoms with Crippen LogP contribution in [0.1, 0.15) is 25.6 Å². The summed E-state index contributed by atoms with van der Waals surface area (Å²) in [6.45, 7) is 1.88. The van der Waals surface area contributed by atoms with Crippen LogP contribution >= 0.6 is 27.3 Å². The van der Waals surface area contributed by atoms with Crippen LogP contribution in [0.25, 0.3) is 0 Å². The van der Waals surface area contributed by atoms with E-state index in [1.165, 1.54) is 0 Å². The highest BCUT2D eigenvalue weighted by atomic mass is 79.9. The van der Waals surface area contributed by atoms with Crippen LogP contribution in [0.3, 0.4) is 0 Å². The first kappa shape index (κ1) is 13.8. The molecule has 2 rings (SSSR count). The normalized spacial score (nSPS) is 10.2. The van der Waals surface area contributed by atoms with Gasteiger partial charge in [-0.1, -0.05) is 15.9 Å². The van der Waals surface area contributed by atoms with Crippen LogP contribution in [0.2, 0.25) is 0 Å². The van der Waals surface area contributed by atoms with Gasteiger partial charge in [0.1, 0.15) is 4.88 Å². The minimum atomic E-state index is -1.05. The maximum Gasteiger partial charge on any atom is 0.348 e. The summed E-state index contributed by atoms with van der Waals surface area (Å²) in [6.07, 6.45) is 0. The number of anilines is 1. The summed E-state index contributed by atoms with van der Waals surface area (Å²) in [5, 5.41) is 13.2. The molecule has 0 saturated carbocycles. The number of halogens is 1. The Hall–Kier alpha value is -1.66. The Morgan fingerprint density at radius 1 is 1.32 bits per heavy atom. The van der Waals surface area contributed by atoms with Crippen LogP contribution in [0.4, 0.5) is 5.69 Å². The first-order valence-corrected chi connectivity index (χ1v) is 7.04. The minimum Gasteiger partial charge on any atom is -0.477 e. The molecule has 0 aliphatic rings. The number of aryl methyl sites for hydroxylation is 1. The maximum absolute atomic E-state index is 12.1. The van der Waals surface area contributed by atoms with Gasteiger partial charge in [0.25, 0.3) is 5.91 Å². The number of carboxylic acid groups (broad SMARTS) is 1. The number of nitrogens with one attached hydrogen (secondary N) is 1. The molecule has 2 aromatic rings. The van der Waals surface area contributed by atoms with Crippen LogP contribution in [0, 0.1) is 6.92 Å². The third-order valence-corrected chi connectivity index (χ3v) is 3.77. The molecule has 0 aliphatic heterocycles. The highest BCUT2D eigenvalue weighted by Crippen LogP contribution is 2.23.